The molecule has 0 spiro atoms. The summed E-state index contributed by atoms with van der Waals surface area (Å²) in [4.78, 5) is 2.19. The summed E-state index contributed by atoms with van der Waals surface area (Å²) < 4.78 is 32.7. The SMILES string of the molecule is CN(CCCN)S(=O)(=O)NCCN1CCOCC1. The van der Waals surface area contributed by atoms with Crippen LogP contribution in [0.5, 0.6) is 0 Å². The van der Waals surface area contributed by atoms with E-state index in [0.717, 1.165) is 26.3 Å². The molecule has 0 unspecified atom stereocenters. The van der Waals surface area contributed by atoms with Gasteiger partial charge >= 0.3 is 0 Å². The molecule has 0 radical (unpaired) electrons. The Hall–Kier alpha value is -0.250. The molecule has 0 aromatic carbocycles. The van der Waals surface area contributed by atoms with Gasteiger partial charge in [-0.2, -0.15) is 12.7 Å². The zero-order valence-corrected chi connectivity index (χ0v) is 11.8. The van der Waals surface area contributed by atoms with E-state index in [9.17, 15) is 8.42 Å². The van der Waals surface area contributed by atoms with Gasteiger partial charge < -0.3 is 10.5 Å². The third-order valence-corrected chi connectivity index (χ3v) is 4.48. The van der Waals surface area contributed by atoms with Crippen LogP contribution in [0, 0.1) is 0 Å². The highest BCUT2D eigenvalue weighted by Gasteiger charge is 2.17. The fourth-order valence-electron chi connectivity index (χ4n) is 1.70. The molecule has 0 amide bonds. The zero-order valence-electron chi connectivity index (χ0n) is 11.0. The third-order valence-electron chi connectivity index (χ3n) is 2.90. The van der Waals surface area contributed by atoms with Gasteiger partial charge in [0.25, 0.3) is 10.2 Å². The molecule has 1 aliphatic heterocycles. The van der Waals surface area contributed by atoms with Gasteiger partial charge in [0.15, 0.2) is 0 Å². The van der Waals surface area contributed by atoms with E-state index in [1.807, 2.05) is 0 Å². The van der Waals surface area contributed by atoms with Gasteiger partial charge in [0, 0.05) is 39.8 Å². The summed E-state index contributed by atoms with van der Waals surface area (Å²) in [5.41, 5.74) is 5.36. The van der Waals surface area contributed by atoms with E-state index in [1.54, 1.807) is 7.05 Å². The molecular weight excluding hydrogens is 256 g/mol. The Morgan fingerprint density at radius 1 is 1.39 bits per heavy atom. The lowest BCUT2D eigenvalue weighted by molar-refractivity contribution is 0.0390. The van der Waals surface area contributed by atoms with Crippen molar-refractivity contribution >= 4 is 10.2 Å². The second-order valence-corrected chi connectivity index (χ2v) is 6.18. The predicted octanol–water partition coefficient (Wildman–Crippen LogP) is -1.57. The normalized spacial score (nSPS) is 18.4. The van der Waals surface area contributed by atoms with E-state index in [2.05, 4.69) is 9.62 Å². The number of ether oxygens (including phenoxy) is 1. The Kier molecular flexibility index (Phi) is 7.05. The van der Waals surface area contributed by atoms with Crippen LogP contribution in [-0.2, 0) is 14.9 Å². The van der Waals surface area contributed by atoms with Crippen molar-refractivity contribution in [2.45, 2.75) is 6.42 Å². The van der Waals surface area contributed by atoms with E-state index in [4.69, 9.17) is 10.5 Å². The lowest BCUT2D eigenvalue weighted by atomic mass is 10.4. The molecule has 0 saturated carbocycles. The van der Waals surface area contributed by atoms with Crippen LogP contribution >= 0.6 is 0 Å². The van der Waals surface area contributed by atoms with E-state index in [0.29, 0.717) is 32.6 Å². The number of nitrogens with one attached hydrogen (secondary N) is 1. The lowest BCUT2D eigenvalue weighted by Gasteiger charge is -2.27. The average molecular weight is 280 g/mol. The highest BCUT2D eigenvalue weighted by Crippen LogP contribution is 1.97. The second-order valence-electron chi connectivity index (χ2n) is 4.32. The first-order chi connectivity index (χ1) is 8.56. The van der Waals surface area contributed by atoms with Crippen LogP contribution in [0.15, 0.2) is 0 Å². The van der Waals surface area contributed by atoms with Crippen LogP contribution in [0.3, 0.4) is 0 Å². The molecule has 0 atom stereocenters. The topological polar surface area (TPSA) is 87.9 Å². The smallest absolute Gasteiger partial charge is 0.279 e. The first-order valence-electron chi connectivity index (χ1n) is 6.27. The van der Waals surface area contributed by atoms with Crippen LogP contribution < -0.4 is 10.5 Å². The zero-order chi connectivity index (χ0) is 13.4. The van der Waals surface area contributed by atoms with Crippen molar-refractivity contribution in [2.24, 2.45) is 5.73 Å². The van der Waals surface area contributed by atoms with Crippen molar-refractivity contribution in [3.63, 3.8) is 0 Å². The Labute approximate surface area is 109 Å². The van der Waals surface area contributed by atoms with Crippen LogP contribution in [0.4, 0.5) is 0 Å². The first kappa shape index (κ1) is 15.8. The van der Waals surface area contributed by atoms with Crippen molar-refractivity contribution in [2.75, 3.05) is 59.5 Å². The van der Waals surface area contributed by atoms with Gasteiger partial charge in [-0.1, -0.05) is 0 Å². The minimum Gasteiger partial charge on any atom is -0.379 e. The Morgan fingerprint density at radius 2 is 2.06 bits per heavy atom. The molecular formula is C10H24N4O3S. The summed E-state index contributed by atoms with van der Waals surface area (Å²) in [6.07, 6.45) is 0.668. The van der Waals surface area contributed by atoms with Gasteiger partial charge in [-0.3, -0.25) is 4.90 Å². The van der Waals surface area contributed by atoms with Gasteiger partial charge in [0.1, 0.15) is 0 Å². The predicted molar refractivity (Wildman–Crippen MR) is 70.5 cm³/mol. The number of nitrogens with two attached hydrogens (primary N) is 1. The van der Waals surface area contributed by atoms with Crippen LogP contribution in [0.1, 0.15) is 6.42 Å². The number of hydrogen-bond acceptors (Lipinski definition) is 5. The van der Waals surface area contributed by atoms with Gasteiger partial charge in [-0.25, -0.2) is 4.72 Å². The number of rotatable bonds is 8. The fourth-order valence-corrected chi connectivity index (χ4v) is 2.64. The molecule has 7 nitrogen and oxygen atoms in total. The number of morpholine rings is 1. The van der Waals surface area contributed by atoms with E-state index in [-0.39, 0.29) is 0 Å². The molecule has 1 saturated heterocycles. The van der Waals surface area contributed by atoms with Crippen LogP contribution in [0.25, 0.3) is 0 Å². The molecule has 108 valence electrons. The van der Waals surface area contributed by atoms with Gasteiger partial charge in [-0.05, 0) is 13.0 Å². The summed E-state index contributed by atoms with van der Waals surface area (Å²) in [7, 11) is -1.80. The molecule has 1 fully saturated rings. The molecule has 8 heteroatoms. The highest BCUT2D eigenvalue weighted by molar-refractivity contribution is 7.87. The van der Waals surface area contributed by atoms with Crippen LogP contribution in [-0.4, -0.2) is 77.2 Å². The van der Waals surface area contributed by atoms with E-state index < -0.39 is 10.2 Å². The summed E-state index contributed by atoms with van der Waals surface area (Å²) in [5, 5.41) is 0. The van der Waals surface area contributed by atoms with Crippen molar-refractivity contribution in [3.05, 3.63) is 0 Å². The number of hydrogen-bond donors (Lipinski definition) is 2. The van der Waals surface area contributed by atoms with Gasteiger partial charge in [0.05, 0.1) is 13.2 Å². The summed E-state index contributed by atoms with van der Waals surface area (Å²) in [6.45, 7) is 5.27. The Bertz CT molecular complexity index is 317. The monoisotopic (exact) mass is 280 g/mol. The minimum atomic E-state index is -3.36. The summed E-state index contributed by atoms with van der Waals surface area (Å²) in [6, 6.07) is 0. The van der Waals surface area contributed by atoms with E-state index >= 15 is 0 Å². The van der Waals surface area contributed by atoms with Crippen molar-refractivity contribution < 1.29 is 13.2 Å². The molecule has 1 heterocycles. The molecule has 0 aromatic heterocycles. The maximum absolute atomic E-state index is 11.8. The average Bonchev–Trinajstić information content (AvgIpc) is 2.37. The first-order valence-corrected chi connectivity index (χ1v) is 7.71. The fraction of sp³-hybridized carbons (Fsp3) is 1.00. The van der Waals surface area contributed by atoms with Crippen LogP contribution in [0.2, 0.25) is 0 Å². The number of nitrogens with zero attached hydrogens (tertiary/aromatic N) is 2. The van der Waals surface area contributed by atoms with Crippen molar-refractivity contribution in [1.82, 2.24) is 13.9 Å². The Morgan fingerprint density at radius 3 is 2.67 bits per heavy atom. The lowest BCUT2D eigenvalue weighted by Crippen LogP contribution is -2.44. The molecule has 0 aliphatic carbocycles. The molecule has 0 aromatic rings. The molecule has 1 aliphatic rings. The third kappa shape index (κ3) is 5.59. The molecule has 0 bridgehead atoms. The van der Waals surface area contributed by atoms with Crippen molar-refractivity contribution in [3.8, 4) is 0 Å². The maximum Gasteiger partial charge on any atom is 0.279 e. The second kappa shape index (κ2) is 8.03. The maximum atomic E-state index is 11.8. The van der Waals surface area contributed by atoms with Crippen molar-refractivity contribution in [1.29, 1.82) is 0 Å². The van der Waals surface area contributed by atoms with Gasteiger partial charge in [0.2, 0.25) is 0 Å². The van der Waals surface area contributed by atoms with E-state index in [1.165, 1.54) is 4.31 Å². The molecule has 3 N–H and O–H groups in total. The standard InChI is InChI=1S/C10H24N4O3S/c1-13(5-2-3-11)18(15,16)12-4-6-14-7-9-17-10-8-14/h12H,2-11H2,1H3. The minimum absolute atomic E-state index is 0.426. The van der Waals surface area contributed by atoms with Gasteiger partial charge in [-0.15, -0.1) is 0 Å². The summed E-state index contributed by atoms with van der Waals surface area (Å²) >= 11 is 0. The Balaban J connectivity index is 2.23. The molecule has 18 heavy (non-hydrogen) atoms. The largest absolute Gasteiger partial charge is 0.379 e. The summed E-state index contributed by atoms with van der Waals surface area (Å²) in [5.74, 6) is 0. The molecule has 1 rings (SSSR count). The highest BCUT2D eigenvalue weighted by atomic mass is 32.2. The quantitative estimate of drug-likeness (QED) is 0.561.